The fraction of sp³-hybridized carbons (Fsp3) is 0.520. The van der Waals surface area contributed by atoms with Crippen LogP contribution in [0.2, 0.25) is 0 Å². The van der Waals surface area contributed by atoms with Crippen LogP contribution in [0, 0.1) is 5.92 Å². The van der Waals surface area contributed by atoms with E-state index in [0.717, 1.165) is 45.6 Å². The number of amides is 1. The van der Waals surface area contributed by atoms with Crippen molar-refractivity contribution in [1.82, 2.24) is 19.7 Å². The van der Waals surface area contributed by atoms with Crippen molar-refractivity contribution in [1.29, 1.82) is 0 Å². The maximum absolute atomic E-state index is 13.1. The first kappa shape index (κ1) is 21.0. The standard InChI is InChI=1S/C25H34N4O/c1-27(18-21-7-3-2-4-8-21)25(30)23-10-6-14-29(20-23)24-11-15-28(16-12-24)19-22-9-5-13-26-17-22/h2-5,7-9,13,17,23-24H,6,10-12,14-16,18-20H2,1H3. The van der Waals surface area contributed by atoms with Crippen molar-refractivity contribution in [2.75, 3.05) is 33.2 Å². The van der Waals surface area contributed by atoms with E-state index >= 15 is 0 Å². The Balaban J connectivity index is 1.26. The normalized spacial score (nSPS) is 21.4. The maximum Gasteiger partial charge on any atom is 0.227 e. The molecule has 1 aromatic carbocycles. The number of piperidine rings is 2. The summed E-state index contributed by atoms with van der Waals surface area (Å²) in [4.78, 5) is 24.4. The van der Waals surface area contributed by atoms with Crippen molar-refractivity contribution in [3.05, 3.63) is 66.0 Å². The minimum atomic E-state index is 0.140. The number of aromatic nitrogens is 1. The van der Waals surface area contributed by atoms with Gasteiger partial charge in [0.1, 0.15) is 0 Å². The van der Waals surface area contributed by atoms with E-state index < -0.39 is 0 Å². The van der Waals surface area contributed by atoms with E-state index in [-0.39, 0.29) is 5.92 Å². The molecule has 4 rings (SSSR count). The lowest BCUT2D eigenvalue weighted by molar-refractivity contribution is -0.137. The average Bonchev–Trinajstić information content (AvgIpc) is 2.80. The van der Waals surface area contributed by atoms with Crippen LogP contribution in [0.4, 0.5) is 0 Å². The molecule has 160 valence electrons. The predicted octanol–water partition coefficient (Wildman–Crippen LogP) is 3.42. The van der Waals surface area contributed by atoms with Crippen LogP contribution < -0.4 is 0 Å². The number of hydrogen-bond donors (Lipinski definition) is 0. The van der Waals surface area contributed by atoms with Crippen molar-refractivity contribution < 1.29 is 4.79 Å². The Labute approximate surface area is 180 Å². The first-order valence-electron chi connectivity index (χ1n) is 11.3. The Morgan fingerprint density at radius 1 is 1.03 bits per heavy atom. The molecule has 5 heteroatoms. The highest BCUT2D eigenvalue weighted by Crippen LogP contribution is 2.26. The summed E-state index contributed by atoms with van der Waals surface area (Å²) in [6.45, 7) is 6.00. The van der Waals surface area contributed by atoms with Crippen LogP contribution in [0.5, 0.6) is 0 Å². The Hall–Kier alpha value is -2.24. The van der Waals surface area contributed by atoms with Gasteiger partial charge in [-0.05, 0) is 62.5 Å². The molecule has 1 aromatic heterocycles. The number of carbonyl (C=O) groups excluding carboxylic acids is 1. The van der Waals surface area contributed by atoms with E-state index in [4.69, 9.17) is 0 Å². The van der Waals surface area contributed by atoms with Gasteiger partial charge in [-0.15, -0.1) is 0 Å². The van der Waals surface area contributed by atoms with Crippen LogP contribution in [-0.2, 0) is 17.9 Å². The lowest BCUT2D eigenvalue weighted by Crippen LogP contribution is -2.50. The van der Waals surface area contributed by atoms with Gasteiger partial charge in [0.25, 0.3) is 0 Å². The Bertz CT molecular complexity index is 789. The van der Waals surface area contributed by atoms with E-state index in [9.17, 15) is 4.79 Å². The fourth-order valence-electron chi connectivity index (χ4n) is 4.98. The molecule has 1 amide bonds. The van der Waals surface area contributed by atoms with Gasteiger partial charge in [0.15, 0.2) is 0 Å². The van der Waals surface area contributed by atoms with Crippen LogP contribution in [-0.4, -0.2) is 64.9 Å². The van der Waals surface area contributed by atoms with Crippen molar-refractivity contribution in [3.63, 3.8) is 0 Å². The number of carbonyl (C=O) groups is 1. The molecule has 0 saturated carbocycles. The van der Waals surface area contributed by atoms with Gasteiger partial charge in [0.05, 0.1) is 5.92 Å². The molecular weight excluding hydrogens is 372 g/mol. The summed E-state index contributed by atoms with van der Waals surface area (Å²) >= 11 is 0. The van der Waals surface area contributed by atoms with E-state index in [2.05, 4.69) is 33.0 Å². The van der Waals surface area contributed by atoms with Gasteiger partial charge in [-0.2, -0.15) is 0 Å². The zero-order chi connectivity index (χ0) is 20.8. The molecule has 2 fully saturated rings. The summed E-state index contributed by atoms with van der Waals surface area (Å²) in [6.07, 6.45) is 8.35. The second-order valence-electron chi connectivity index (χ2n) is 8.88. The second-order valence-corrected chi connectivity index (χ2v) is 8.88. The minimum Gasteiger partial charge on any atom is -0.341 e. The fourth-order valence-corrected chi connectivity index (χ4v) is 4.98. The number of hydrogen-bond acceptors (Lipinski definition) is 4. The average molecular weight is 407 g/mol. The molecule has 2 aromatic rings. The van der Waals surface area contributed by atoms with Crippen molar-refractivity contribution in [2.45, 2.75) is 44.8 Å². The number of nitrogens with zero attached hydrogens (tertiary/aromatic N) is 4. The molecule has 0 aliphatic carbocycles. The minimum absolute atomic E-state index is 0.140. The Morgan fingerprint density at radius 3 is 2.53 bits per heavy atom. The zero-order valence-corrected chi connectivity index (χ0v) is 18.1. The van der Waals surface area contributed by atoms with Gasteiger partial charge < -0.3 is 4.90 Å². The van der Waals surface area contributed by atoms with Crippen LogP contribution in [0.25, 0.3) is 0 Å². The molecule has 5 nitrogen and oxygen atoms in total. The smallest absolute Gasteiger partial charge is 0.227 e. The monoisotopic (exact) mass is 406 g/mol. The van der Waals surface area contributed by atoms with E-state index in [1.54, 1.807) is 0 Å². The Kier molecular flexibility index (Phi) is 7.13. The number of likely N-dealkylation sites (tertiary alicyclic amines) is 2. The molecule has 0 spiro atoms. The third-order valence-electron chi connectivity index (χ3n) is 6.64. The van der Waals surface area contributed by atoms with Gasteiger partial charge in [-0.25, -0.2) is 0 Å². The van der Waals surface area contributed by atoms with Crippen LogP contribution >= 0.6 is 0 Å². The third kappa shape index (κ3) is 5.46. The number of pyridine rings is 1. The molecular formula is C25H34N4O. The summed E-state index contributed by atoms with van der Waals surface area (Å²) in [5.74, 6) is 0.443. The molecule has 2 aliphatic heterocycles. The molecule has 2 saturated heterocycles. The Morgan fingerprint density at radius 2 is 1.80 bits per heavy atom. The van der Waals surface area contributed by atoms with Crippen LogP contribution in [0.3, 0.4) is 0 Å². The maximum atomic E-state index is 13.1. The van der Waals surface area contributed by atoms with Gasteiger partial charge in [-0.1, -0.05) is 36.4 Å². The van der Waals surface area contributed by atoms with E-state index in [1.165, 1.54) is 24.0 Å². The van der Waals surface area contributed by atoms with Crippen molar-refractivity contribution >= 4 is 5.91 Å². The summed E-state index contributed by atoms with van der Waals surface area (Å²) in [6, 6.07) is 15.1. The lowest BCUT2D eigenvalue weighted by atomic mass is 9.92. The highest BCUT2D eigenvalue weighted by atomic mass is 16.2. The van der Waals surface area contributed by atoms with Gasteiger partial charge in [0, 0.05) is 45.1 Å². The molecule has 3 heterocycles. The first-order valence-corrected chi connectivity index (χ1v) is 11.3. The van der Waals surface area contributed by atoms with Gasteiger partial charge in [0.2, 0.25) is 5.91 Å². The van der Waals surface area contributed by atoms with Crippen LogP contribution in [0.15, 0.2) is 54.9 Å². The van der Waals surface area contributed by atoms with Gasteiger partial charge in [-0.3, -0.25) is 19.6 Å². The molecule has 0 radical (unpaired) electrons. The highest BCUT2D eigenvalue weighted by molar-refractivity contribution is 5.79. The molecule has 0 N–H and O–H groups in total. The number of benzene rings is 1. The first-order chi connectivity index (χ1) is 14.7. The highest BCUT2D eigenvalue weighted by Gasteiger charge is 2.32. The topological polar surface area (TPSA) is 39.7 Å². The lowest BCUT2D eigenvalue weighted by Gasteiger charge is -2.42. The SMILES string of the molecule is CN(Cc1ccccc1)C(=O)C1CCCN(C2CCN(Cc3cccnc3)CC2)C1. The summed E-state index contributed by atoms with van der Waals surface area (Å²) in [7, 11) is 1.95. The molecule has 1 atom stereocenters. The molecule has 30 heavy (non-hydrogen) atoms. The van der Waals surface area contributed by atoms with Crippen LogP contribution in [0.1, 0.15) is 36.8 Å². The largest absolute Gasteiger partial charge is 0.341 e. The quantitative estimate of drug-likeness (QED) is 0.737. The predicted molar refractivity (Wildman–Crippen MR) is 120 cm³/mol. The summed E-state index contributed by atoms with van der Waals surface area (Å²) in [5.41, 5.74) is 2.49. The summed E-state index contributed by atoms with van der Waals surface area (Å²) in [5, 5.41) is 0. The molecule has 0 bridgehead atoms. The van der Waals surface area contributed by atoms with Crippen molar-refractivity contribution in [2.24, 2.45) is 5.92 Å². The second kappa shape index (κ2) is 10.2. The van der Waals surface area contributed by atoms with Gasteiger partial charge >= 0.3 is 0 Å². The summed E-state index contributed by atoms with van der Waals surface area (Å²) < 4.78 is 0. The van der Waals surface area contributed by atoms with E-state index in [1.807, 2.05) is 48.6 Å². The zero-order valence-electron chi connectivity index (χ0n) is 18.1. The molecule has 1 unspecified atom stereocenters. The molecule has 2 aliphatic rings. The van der Waals surface area contributed by atoms with E-state index in [0.29, 0.717) is 18.5 Å². The third-order valence-corrected chi connectivity index (χ3v) is 6.64. The van der Waals surface area contributed by atoms with Crippen molar-refractivity contribution in [3.8, 4) is 0 Å². The number of rotatable bonds is 6.